The first-order valence-corrected chi connectivity index (χ1v) is 8.27. The molecule has 2 rings (SSSR count). The molecule has 0 saturated carbocycles. The van der Waals surface area contributed by atoms with Crippen LogP contribution in [0.2, 0.25) is 0 Å². The smallest absolute Gasteiger partial charge is 0.328 e. The molecule has 0 aromatic carbocycles. The average molecular weight is 336 g/mol. The van der Waals surface area contributed by atoms with E-state index < -0.39 is 5.69 Å². The molecule has 1 aromatic rings. The van der Waals surface area contributed by atoms with E-state index in [1.807, 2.05) is 6.92 Å². The van der Waals surface area contributed by atoms with Crippen LogP contribution in [-0.4, -0.2) is 45.9 Å². The highest BCUT2D eigenvalue weighted by molar-refractivity contribution is 5.83. The van der Waals surface area contributed by atoms with Gasteiger partial charge in [0.1, 0.15) is 0 Å². The van der Waals surface area contributed by atoms with Crippen molar-refractivity contribution in [2.45, 2.75) is 32.6 Å². The summed E-state index contributed by atoms with van der Waals surface area (Å²) in [5, 5.41) is 2.82. The molecule has 1 fully saturated rings. The van der Waals surface area contributed by atoms with Crippen LogP contribution >= 0.6 is 0 Å². The predicted octanol–water partition coefficient (Wildman–Crippen LogP) is -0.619. The zero-order chi connectivity index (χ0) is 17.7. The Bertz CT molecular complexity index is 722. The lowest BCUT2D eigenvalue weighted by Crippen LogP contribution is -2.46. The topological polar surface area (TPSA) is 104 Å². The van der Waals surface area contributed by atoms with Crippen molar-refractivity contribution in [3.05, 3.63) is 32.6 Å². The maximum atomic E-state index is 12.3. The largest absolute Gasteiger partial charge is 0.355 e. The summed E-state index contributed by atoms with van der Waals surface area (Å²) in [6, 6.07) is 0. The third-order valence-electron chi connectivity index (χ3n) is 4.31. The number of nitrogens with zero attached hydrogens (tertiary/aromatic N) is 2. The first-order chi connectivity index (χ1) is 11.4. The van der Waals surface area contributed by atoms with Gasteiger partial charge in [0, 0.05) is 44.9 Å². The molecular weight excluding hydrogens is 312 g/mol. The number of hydrogen-bond donors (Lipinski definition) is 2. The maximum Gasteiger partial charge on any atom is 0.328 e. The Balaban J connectivity index is 1.87. The molecule has 2 N–H and O–H groups in total. The summed E-state index contributed by atoms with van der Waals surface area (Å²) in [7, 11) is 1.41. The number of aromatic nitrogens is 2. The van der Waals surface area contributed by atoms with E-state index in [0.29, 0.717) is 44.5 Å². The van der Waals surface area contributed by atoms with Crippen molar-refractivity contribution in [1.82, 2.24) is 19.8 Å². The lowest BCUT2D eigenvalue weighted by atomic mass is 9.96. The summed E-state index contributed by atoms with van der Waals surface area (Å²) in [6.45, 7) is 3.45. The van der Waals surface area contributed by atoms with Gasteiger partial charge >= 0.3 is 5.69 Å². The standard InChI is InChI=1S/C16H24N4O4/c1-3-8-20-10-12(4-5-13(20)21)14(22)17-7-6-11-9-18-16(24)19(2)15(11)23/h9,12H,3-8,10H2,1-2H3,(H,17,22)(H,18,24). The quantitative estimate of drug-likeness (QED) is 0.722. The highest BCUT2D eigenvalue weighted by Gasteiger charge is 2.29. The fourth-order valence-corrected chi connectivity index (χ4v) is 2.87. The summed E-state index contributed by atoms with van der Waals surface area (Å²) in [5.41, 5.74) is -0.370. The van der Waals surface area contributed by atoms with Gasteiger partial charge in [0.15, 0.2) is 0 Å². The van der Waals surface area contributed by atoms with Crippen molar-refractivity contribution in [2.24, 2.45) is 13.0 Å². The first kappa shape index (κ1) is 18.0. The average Bonchev–Trinajstić information content (AvgIpc) is 2.57. The molecular formula is C16H24N4O4. The third-order valence-corrected chi connectivity index (χ3v) is 4.31. The van der Waals surface area contributed by atoms with Gasteiger partial charge in [-0.25, -0.2) is 4.79 Å². The number of nitrogens with one attached hydrogen (secondary N) is 2. The lowest BCUT2D eigenvalue weighted by molar-refractivity contribution is -0.138. The molecule has 24 heavy (non-hydrogen) atoms. The molecule has 132 valence electrons. The van der Waals surface area contributed by atoms with Crippen LogP contribution in [0, 0.1) is 5.92 Å². The molecule has 2 heterocycles. The number of H-pyrrole nitrogens is 1. The molecule has 1 saturated heterocycles. The molecule has 2 amide bonds. The van der Waals surface area contributed by atoms with Crippen LogP contribution in [0.25, 0.3) is 0 Å². The molecule has 1 unspecified atom stereocenters. The normalized spacial score (nSPS) is 17.8. The van der Waals surface area contributed by atoms with Crippen LogP contribution in [0.4, 0.5) is 0 Å². The highest BCUT2D eigenvalue weighted by atomic mass is 16.2. The van der Waals surface area contributed by atoms with Crippen molar-refractivity contribution in [3.63, 3.8) is 0 Å². The van der Waals surface area contributed by atoms with Gasteiger partial charge in [0.05, 0.1) is 5.92 Å². The van der Waals surface area contributed by atoms with E-state index >= 15 is 0 Å². The highest BCUT2D eigenvalue weighted by Crippen LogP contribution is 2.17. The van der Waals surface area contributed by atoms with Crippen molar-refractivity contribution in [3.8, 4) is 0 Å². The number of piperidine rings is 1. The zero-order valence-corrected chi connectivity index (χ0v) is 14.1. The molecule has 0 aliphatic carbocycles. The fourth-order valence-electron chi connectivity index (χ4n) is 2.87. The summed E-state index contributed by atoms with van der Waals surface area (Å²) in [4.78, 5) is 51.5. The van der Waals surface area contributed by atoms with E-state index in [1.165, 1.54) is 13.2 Å². The Labute approximate surface area is 139 Å². The third kappa shape index (κ3) is 4.12. The van der Waals surface area contributed by atoms with Gasteiger partial charge in [-0.2, -0.15) is 0 Å². The van der Waals surface area contributed by atoms with Crippen LogP contribution in [0.3, 0.4) is 0 Å². The van der Waals surface area contributed by atoms with E-state index in [0.717, 1.165) is 11.0 Å². The second kappa shape index (κ2) is 7.94. The Hall–Kier alpha value is -2.38. The van der Waals surface area contributed by atoms with E-state index in [-0.39, 0.29) is 23.3 Å². The Kier molecular flexibility index (Phi) is 5.94. The molecule has 0 bridgehead atoms. The summed E-state index contributed by atoms with van der Waals surface area (Å²) < 4.78 is 1.01. The molecule has 1 atom stereocenters. The lowest BCUT2D eigenvalue weighted by Gasteiger charge is -2.31. The Morgan fingerprint density at radius 2 is 2.12 bits per heavy atom. The number of hydrogen-bond acceptors (Lipinski definition) is 4. The van der Waals surface area contributed by atoms with Gasteiger partial charge in [0.2, 0.25) is 11.8 Å². The van der Waals surface area contributed by atoms with Crippen molar-refractivity contribution in [2.75, 3.05) is 19.6 Å². The molecule has 0 spiro atoms. The van der Waals surface area contributed by atoms with E-state index in [2.05, 4.69) is 10.3 Å². The molecule has 1 aliphatic heterocycles. The van der Waals surface area contributed by atoms with Crippen molar-refractivity contribution >= 4 is 11.8 Å². The van der Waals surface area contributed by atoms with Gasteiger partial charge in [0.25, 0.3) is 5.56 Å². The summed E-state index contributed by atoms with van der Waals surface area (Å²) in [5.74, 6) is -0.185. The minimum atomic E-state index is -0.462. The second-order valence-electron chi connectivity index (χ2n) is 6.10. The van der Waals surface area contributed by atoms with Crippen LogP contribution in [0.15, 0.2) is 15.8 Å². The maximum absolute atomic E-state index is 12.3. The minimum absolute atomic E-state index is 0.0927. The molecule has 8 nitrogen and oxygen atoms in total. The van der Waals surface area contributed by atoms with E-state index in [9.17, 15) is 19.2 Å². The Morgan fingerprint density at radius 3 is 2.83 bits per heavy atom. The van der Waals surface area contributed by atoms with Gasteiger partial charge in [-0.1, -0.05) is 6.92 Å². The van der Waals surface area contributed by atoms with E-state index in [1.54, 1.807) is 4.90 Å². The minimum Gasteiger partial charge on any atom is -0.355 e. The monoisotopic (exact) mass is 336 g/mol. The van der Waals surface area contributed by atoms with Gasteiger partial charge in [-0.05, 0) is 19.3 Å². The first-order valence-electron chi connectivity index (χ1n) is 8.27. The van der Waals surface area contributed by atoms with Gasteiger partial charge < -0.3 is 15.2 Å². The SMILES string of the molecule is CCCN1CC(C(=O)NCCc2c[nH]c(=O)n(C)c2=O)CCC1=O. The molecule has 8 heteroatoms. The number of amides is 2. The zero-order valence-electron chi connectivity index (χ0n) is 14.1. The molecule has 1 aliphatic rings. The number of aromatic amines is 1. The van der Waals surface area contributed by atoms with Crippen LogP contribution in [-0.2, 0) is 23.1 Å². The van der Waals surface area contributed by atoms with Crippen LogP contribution < -0.4 is 16.6 Å². The Morgan fingerprint density at radius 1 is 1.38 bits per heavy atom. The number of carbonyl (C=O) groups is 2. The molecule has 0 radical (unpaired) electrons. The summed E-state index contributed by atoms with van der Waals surface area (Å²) in [6.07, 6.45) is 3.57. The molecule has 1 aromatic heterocycles. The van der Waals surface area contributed by atoms with Gasteiger partial charge in [-0.15, -0.1) is 0 Å². The van der Waals surface area contributed by atoms with Crippen LogP contribution in [0.1, 0.15) is 31.7 Å². The fraction of sp³-hybridized carbons (Fsp3) is 0.625. The second-order valence-corrected chi connectivity index (χ2v) is 6.10. The number of rotatable bonds is 6. The van der Waals surface area contributed by atoms with Crippen LogP contribution in [0.5, 0.6) is 0 Å². The van der Waals surface area contributed by atoms with Crippen molar-refractivity contribution in [1.29, 1.82) is 0 Å². The number of likely N-dealkylation sites (tertiary alicyclic amines) is 1. The summed E-state index contributed by atoms with van der Waals surface area (Å²) >= 11 is 0. The number of carbonyl (C=O) groups excluding carboxylic acids is 2. The van der Waals surface area contributed by atoms with Crippen molar-refractivity contribution < 1.29 is 9.59 Å². The van der Waals surface area contributed by atoms with E-state index in [4.69, 9.17) is 0 Å². The predicted molar refractivity (Wildman–Crippen MR) is 88.6 cm³/mol. The van der Waals surface area contributed by atoms with Gasteiger partial charge in [-0.3, -0.25) is 19.0 Å².